The number of rotatable bonds is 7. The Morgan fingerprint density at radius 1 is 1.04 bits per heavy atom. The Bertz CT molecular complexity index is 1950. The standard InChI is InChI=1S/C37H40N8O6S/c1-51-27-16-14-23(15-17-27)30-31(33-38-18-19-52-33)43-45(42-30)26-20-29-32(46)41-37(35(48)49)21-24(37)10-6-3-2-4-9-13-28(34(47)44(29)22-26)40-36(50)39-25-11-7-5-8-12-25/h5-8,10-12,14-19,24,26,28-29H,2-4,9,13,20-22H2,1H3,(H,41,46)(H,48,49)(H2,39,40,50)/b10-6-/t24-,26-,28-,29+,37+/m1/s1. The number of carboxylic acids is 1. The molecule has 0 spiro atoms. The minimum atomic E-state index is -1.45. The zero-order chi connectivity index (χ0) is 36.2. The zero-order valence-corrected chi connectivity index (χ0v) is 29.4. The van der Waals surface area contributed by atoms with Gasteiger partial charge in [-0.05, 0) is 62.1 Å². The second-order valence-corrected chi connectivity index (χ2v) is 14.2. The summed E-state index contributed by atoms with van der Waals surface area (Å²) in [5.41, 5.74) is 1.03. The number of aliphatic carboxylic acids is 1. The molecule has 270 valence electrons. The summed E-state index contributed by atoms with van der Waals surface area (Å²) >= 11 is 1.41. The average molecular weight is 725 g/mol. The molecule has 1 saturated heterocycles. The van der Waals surface area contributed by atoms with Gasteiger partial charge in [-0.25, -0.2) is 14.6 Å². The minimum Gasteiger partial charge on any atom is -0.497 e. The molecular formula is C37H40N8O6S. The Labute approximate surface area is 304 Å². The molecule has 52 heavy (non-hydrogen) atoms. The maximum atomic E-state index is 14.5. The molecule has 1 aliphatic carbocycles. The van der Waals surface area contributed by atoms with Crippen LogP contribution in [0.3, 0.4) is 0 Å². The van der Waals surface area contributed by atoms with Crippen LogP contribution in [0.2, 0.25) is 0 Å². The summed E-state index contributed by atoms with van der Waals surface area (Å²) in [5, 5.41) is 30.9. The fourth-order valence-corrected chi connectivity index (χ4v) is 7.63. The number of hydrogen-bond donors (Lipinski definition) is 4. The molecule has 2 aromatic heterocycles. The number of urea groups is 1. The average Bonchev–Trinajstić information content (AvgIpc) is 3.60. The number of para-hydroxylation sites is 1. The lowest BCUT2D eigenvalue weighted by Gasteiger charge is -2.29. The molecule has 4 N–H and O–H groups in total. The molecule has 14 nitrogen and oxygen atoms in total. The van der Waals surface area contributed by atoms with Gasteiger partial charge in [0.2, 0.25) is 11.8 Å². The fourth-order valence-electron chi connectivity index (χ4n) is 7.01. The third kappa shape index (κ3) is 7.26. The normalized spacial score (nSPS) is 25.4. The summed E-state index contributed by atoms with van der Waals surface area (Å²) in [4.78, 5) is 61.9. The Hall–Kier alpha value is -5.57. The van der Waals surface area contributed by atoms with Crippen molar-refractivity contribution < 1.29 is 29.0 Å². The number of benzene rings is 2. The first-order valence-corrected chi connectivity index (χ1v) is 18.3. The van der Waals surface area contributed by atoms with Gasteiger partial charge in [0.1, 0.15) is 39.8 Å². The number of nitrogens with one attached hydrogen (secondary N) is 3. The second kappa shape index (κ2) is 15.0. The molecule has 7 rings (SSSR count). The van der Waals surface area contributed by atoms with E-state index in [0.717, 1.165) is 24.8 Å². The number of anilines is 1. The van der Waals surface area contributed by atoms with E-state index < -0.39 is 47.5 Å². The van der Waals surface area contributed by atoms with Crippen molar-refractivity contribution in [2.24, 2.45) is 5.92 Å². The van der Waals surface area contributed by atoms with E-state index in [9.17, 15) is 24.3 Å². The molecule has 2 fully saturated rings. The summed E-state index contributed by atoms with van der Waals surface area (Å²) in [6.07, 6.45) is 9.34. The highest BCUT2D eigenvalue weighted by molar-refractivity contribution is 7.13. The summed E-state index contributed by atoms with van der Waals surface area (Å²) < 4.78 is 5.34. The van der Waals surface area contributed by atoms with E-state index in [0.29, 0.717) is 40.7 Å². The van der Waals surface area contributed by atoms with E-state index in [-0.39, 0.29) is 25.3 Å². The van der Waals surface area contributed by atoms with Crippen molar-refractivity contribution in [3.8, 4) is 27.7 Å². The number of fused-ring (bicyclic) bond motifs is 2. The number of carbonyl (C=O) groups is 4. The maximum Gasteiger partial charge on any atom is 0.330 e. The predicted octanol–water partition coefficient (Wildman–Crippen LogP) is 4.89. The lowest BCUT2D eigenvalue weighted by Crippen LogP contribution is -2.56. The molecule has 2 aromatic carbocycles. The van der Waals surface area contributed by atoms with Crippen LogP contribution in [0.25, 0.3) is 22.0 Å². The second-order valence-electron chi connectivity index (χ2n) is 13.3. The van der Waals surface area contributed by atoms with Gasteiger partial charge in [-0.15, -0.1) is 16.4 Å². The van der Waals surface area contributed by atoms with Gasteiger partial charge in [-0.2, -0.15) is 9.90 Å². The first-order valence-electron chi connectivity index (χ1n) is 17.4. The Balaban J connectivity index is 1.22. The topological polar surface area (TPSA) is 181 Å². The minimum absolute atomic E-state index is 0.0623. The first kappa shape index (κ1) is 34.9. The molecule has 2 aliphatic heterocycles. The highest BCUT2D eigenvalue weighted by Crippen LogP contribution is 2.46. The number of amides is 4. The van der Waals surface area contributed by atoms with Crippen LogP contribution in [0.1, 0.15) is 51.0 Å². The number of thiazole rings is 1. The van der Waals surface area contributed by atoms with Gasteiger partial charge in [0.15, 0.2) is 0 Å². The van der Waals surface area contributed by atoms with E-state index in [1.807, 2.05) is 47.9 Å². The fraction of sp³-hybridized carbons (Fsp3) is 0.378. The number of methoxy groups -OCH3 is 1. The summed E-state index contributed by atoms with van der Waals surface area (Å²) in [6.45, 7) is 0.0623. The van der Waals surface area contributed by atoms with Crippen LogP contribution in [-0.2, 0) is 14.4 Å². The molecule has 4 amide bonds. The Morgan fingerprint density at radius 3 is 2.56 bits per heavy atom. The summed E-state index contributed by atoms with van der Waals surface area (Å²) in [7, 11) is 1.59. The smallest absolute Gasteiger partial charge is 0.330 e. The molecular weight excluding hydrogens is 685 g/mol. The third-order valence-electron chi connectivity index (χ3n) is 9.93. The number of ether oxygens (including phenoxy) is 1. The molecule has 0 radical (unpaired) electrons. The van der Waals surface area contributed by atoms with Gasteiger partial charge in [0, 0.05) is 41.7 Å². The predicted molar refractivity (Wildman–Crippen MR) is 193 cm³/mol. The molecule has 3 aliphatic rings. The first-order chi connectivity index (χ1) is 25.3. The molecule has 15 heteroatoms. The van der Waals surface area contributed by atoms with E-state index in [4.69, 9.17) is 14.9 Å². The van der Waals surface area contributed by atoms with Gasteiger partial charge in [-0.1, -0.05) is 43.2 Å². The van der Waals surface area contributed by atoms with E-state index in [1.54, 1.807) is 37.6 Å². The van der Waals surface area contributed by atoms with Crippen LogP contribution in [0.5, 0.6) is 5.75 Å². The van der Waals surface area contributed by atoms with Crippen molar-refractivity contribution in [2.45, 2.75) is 68.6 Å². The van der Waals surface area contributed by atoms with E-state index in [2.05, 4.69) is 20.9 Å². The number of carbonyl (C=O) groups excluding carboxylic acids is 3. The van der Waals surface area contributed by atoms with Crippen molar-refractivity contribution in [3.63, 3.8) is 0 Å². The molecule has 5 atom stereocenters. The van der Waals surface area contributed by atoms with Crippen LogP contribution >= 0.6 is 11.3 Å². The number of allylic oxidation sites excluding steroid dienone is 1. The lowest BCUT2D eigenvalue weighted by atomic mass is 10.0. The Kier molecular flexibility index (Phi) is 10.0. The highest BCUT2D eigenvalue weighted by atomic mass is 32.1. The van der Waals surface area contributed by atoms with Crippen molar-refractivity contribution in [2.75, 3.05) is 19.0 Å². The van der Waals surface area contributed by atoms with Crippen molar-refractivity contribution >= 4 is 40.8 Å². The van der Waals surface area contributed by atoms with Crippen molar-refractivity contribution in [1.29, 1.82) is 0 Å². The highest BCUT2D eigenvalue weighted by Gasteiger charge is 2.61. The number of aromatic nitrogens is 4. The van der Waals surface area contributed by atoms with Crippen LogP contribution in [0.15, 0.2) is 78.3 Å². The SMILES string of the molecule is COc1ccc(-c2nn([C@@H]3C[C@H]4C(=O)N[C@@]5(C(=O)O)C[C@H]5/C=C\CCCCC[C@@H](NC(=O)Nc5ccccc5)C(=O)N4C3)nc2-c2nccs2)cc1. The van der Waals surface area contributed by atoms with E-state index >= 15 is 0 Å². The zero-order valence-electron chi connectivity index (χ0n) is 28.6. The summed E-state index contributed by atoms with van der Waals surface area (Å²) in [6, 6.07) is 13.3. The van der Waals surface area contributed by atoms with Crippen LogP contribution < -0.4 is 20.7 Å². The molecule has 0 unspecified atom stereocenters. The molecule has 4 aromatic rings. The largest absolute Gasteiger partial charge is 0.497 e. The van der Waals surface area contributed by atoms with E-state index in [1.165, 1.54) is 21.0 Å². The van der Waals surface area contributed by atoms with Crippen LogP contribution in [0, 0.1) is 5.92 Å². The van der Waals surface area contributed by atoms with Gasteiger partial charge in [0.25, 0.3) is 0 Å². The summed E-state index contributed by atoms with van der Waals surface area (Å²) in [5.74, 6) is -1.78. The van der Waals surface area contributed by atoms with Gasteiger partial charge >= 0.3 is 12.0 Å². The van der Waals surface area contributed by atoms with Crippen LogP contribution in [0.4, 0.5) is 10.5 Å². The molecule has 1 saturated carbocycles. The molecule has 0 bridgehead atoms. The molecule has 4 heterocycles. The quantitative estimate of drug-likeness (QED) is 0.193. The van der Waals surface area contributed by atoms with Crippen molar-refractivity contribution in [3.05, 3.63) is 78.3 Å². The van der Waals surface area contributed by atoms with Crippen molar-refractivity contribution in [1.82, 2.24) is 35.5 Å². The monoisotopic (exact) mass is 724 g/mol. The van der Waals surface area contributed by atoms with Crippen LogP contribution in [-0.4, -0.2) is 85.1 Å². The number of hydrogen-bond acceptors (Lipinski definition) is 9. The van der Waals surface area contributed by atoms with Gasteiger partial charge < -0.3 is 30.7 Å². The number of carboxylic acid groups (broad SMARTS) is 1. The number of nitrogens with zero attached hydrogens (tertiary/aromatic N) is 5. The van der Waals surface area contributed by atoms with Gasteiger partial charge in [-0.3, -0.25) is 9.59 Å². The third-order valence-corrected chi connectivity index (χ3v) is 10.7. The van der Waals surface area contributed by atoms with Gasteiger partial charge in [0.05, 0.1) is 13.2 Å². The maximum absolute atomic E-state index is 14.5. The lowest BCUT2D eigenvalue weighted by molar-refractivity contribution is -0.145. The Morgan fingerprint density at radius 2 is 1.83 bits per heavy atom.